The highest BCUT2D eigenvalue weighted by Gasteiger charge is 2.41. The lowest BCUT2D eigenvalue weighted by molar-refractivity contribution is -0.127. The van der Waals surface area contributed by atoms with Crippen LogP contribution in [-0.4, -0.2) is 76.4 Å². The number of likely N-dealkylation sites (N-methyl/N-ethyl adjacent to an activating group) is 1. The molecule has 1 aliphatic carbocycles. The Morgan fingerprint density at radius 1 is 0.909 bits per heavy atom. The highest BCUT2D eigenvalue weighted by Crippen LogP contribution is 2.36. The highest BCUT2D eigenvalue weighted by atomic mass is 16.1. The van der Waals surface area contributed by atoms with Gasteiger partial charge in [0.2, 0.25) is 5.95 Å². The minimum atomic E-state index is 0.187. The zero-order valence-electron chi connectivity index (χ0n) is 21.0. The van der Waals surface area contributed by atoms with Crippen molar-refractivity contribution in [2.24, 2.45) is 11.8 Å². The number of Topliss-reactive ketones (excluding diaryl/α,β-unsaturated/α-hetero) is 1. The van der Waals surface area contributed by atoms with Gasteiger partial charge in [-0.25, -0.2) is 9.97 Å². The fourth-order valence-electron chi connectivity index (χ4n) is 7.05. The number of carbonyl (C=O) groups excluding carboxylic acids is 1. The van der Waals surface area contributed by atoms with Gasteiger partial charge in [0.15, 0.2) is 0 Å². The Kier molecular flexibility index (Phi) is 7.03. The molecule has 5 rings (SSSR count). The van der Waals surface area contributed by atoms with Gasteiger partial charge in [-0.2, -0.15) is 0 Å². The molecule has 2 unspecified atom stereocenters. The second-order valence-corrected chi connectivity index (χ2v) is 11.3. The number of hydrogen-bond donors (Lipinski definition) is 0. The van der Waals surface area contributed by atoms with Gasteiger partial charge in [-0.3, -0.25) is 9.69 Å². The van der Waals surface area contributed by atoms with E-state index in [-0.39, 0.29) is 5.92 Å². The molecule has 1 aromatic heterocycles. The zero-order valence-corrected chi connectivity index (χ0v) is 21.0. The van der Waals surface area contributed by atoms with Gasteiger partial charge in [0.1, 0.15) is 5.78 Å². The molecular formula is C27H43N5O. The van der Waals surface area contributed by atoms with Crippen LogP contribution in [0.15, 0.2) is 12.4 Å². The van der Waals surface area contributed by atoms with E-state index in [0.29, 0.717) is 35.7 Å². The summed E-state index contributed by atoms with van der Waals surface area (Å²) in [6.07, 6.45) is 13.8. The molecule has 33 heavy (non-hydrogen) atoms. The Labute approximate surface area is 200 Å². The quantitative estimate of drug-likeness (QED) is 0.646. The van der Waals surface area contributed by atoms with Gasteiger partial charge in [-0.15, -0.1) is 0 Å². The van der Waals surface area contributed by atoms with Crippen molar-refractivity contribution < 1.29 is 4.79 Å². The van der Waals surface area contributed by atoms with E-state index >= 15 is 0 Å². The Morgan fingerprint density at radius 3 is 2.03 bits per heavy atom. The smallest absolute Gasteiger partial charge is 0.225 e. The van der Waals surface area contributed by atoms with Crippen molar-refractivity contribution in [3.63, 3.8) is 0 Å². The van der Waals surface area contributed by atoms with Crippen LogP contribution < -0.4 is 4.90 Å². The second-order valence-electron chi connectivity index (χ2n) is 11.3. The number of likely N-dealkylation sites (tertiary alicyclic amines) is 2. The molecule has 4 heterocycles. The average molecular weight is 454 g/mol. The first-order chi connectivity index (χ1) is 16.0. The SMILES string of the molecule is CCN1CC2CCC(C1)N2c1ncc(C2CCN(C3CCC(C(=O)C(C)C)CC3)CC2)cn1. The second kappa shape index (κ2) is 9.99. The molecule has 0 aromatic carbocycles. The van der Waals surface area contributed by atoms with Gasteiger partial charge in [0.05, 0.1) is 0 Å². The van der Waals surface area contributed by atoms with E-state index in [4.69, 9.17) is 9.97 Å². The number of piperidine rings is 1. The number of hydrogen-bond acceptors (Lipinski definition) is 6. The molecule has 0 amide bonds. The minimum Gasteiger partial charge on any atom is -0.332 e. The summed E-state index contributed by atoms with van der Waals surface area (Å²) in [6.45, 7) is 12.2. The average Bonchev–Trinajstić information content (AvgIpc) is 3.13. The third-order valence-corrected chi connectivity index (χ3v) is 9.08. The van der Waals surface area contributed by atoms with E-state index in [1.165, 1.54) is 57.2 Å². The first-order valence-corrected chi connectivity index (χ1v) is 13.6. The molecule has 3 aliphatic heterocycles. The number of aromatic nitrogens is 2. The maximum Gasteiger partial charge on any atom is 0.225 e. The van der Waals surface area contributed by atoms with Gasteiger partial charge < -0.3 is 9.80 Å². The standard InChI is InChI=1S/C27H43N5O/c1-4-30-17-24-9-10-25(18-30)32(24)27-28-15-22(16-29-27)20-11-13-31(14-12-20)23-7-5-21(6-8-23)26(33)19(2)3/h15-16,19-21,23-25H,4-14,17-18H2,1-3H3. The van der Waals surface area contributed by atoms with Crippen LogP contribution in [0.5, 0.6) is 0 Å². The summed E-state index contributed by atoms with van der Waals surface area (Å²) in [4.78, 5) is 29.9. The molecule has 0 radical (unpaired) electrons. The first-order valence-electron chi connectivity index (χ1n) is 13.6. The third kappa shape index (κ3) is 4.84. The van der Waals surface area contributed by atoms with Crippen LogP contribution in [0.4, 0.5) is 5.95 Å². The van der Waals surface area contributed by atoms with Crippen LogP contribution in [0.25, 0.3) is 0 Å². The molecule has 2 bridgehead atoms. The summed E-state index contributed by atoms with van der Waals surface area (Å²) in [7, 11) is 0. The van der Waals surface area contributed by atoms with Crippen LogP contribution in [0.2, 0.25) is 0 Å². The van der Waals surface area contributed by atoms with Crippen molar-refractivity contribution in [2.75, 3.05) is 37.6 Å². The Hall–Kier alpha value is -1.53. The molecule has 1 saturated carbocycles. The molecule has 182 valence electrons. The van der Waals surface area contributed by atoms with Crippen LogP contribution in [0.1, 0.15) is 83.6 Å². The molecule has 0 spiro atoms. The summed E-state index contributed by atoms with van der Waals surface area (Å²) in [5.41, 5.74) is 1.32. The van der Waals surface area contributed by atoms with Gasteiger partial charge in [-0.1, -0.05) is 20.8 Å². The fraction of sp³-hybridized carbons (Fsp3) is 0.815. The Balaban J connectivity index is 1.12. The van der Waals surface area contributed by atoms with Crippen LogP contribution in [0.3, 0.4) is 0 Å². The topological polar surface area (TPSA) is 52.6 Å². The summed E-state index contributed by atoms with van der Waals surface area (Å²) < 4.78 is 0. The van der Waals surface area contributed by atoms with E-state index < -0.39 is 0 Å². The highest BCUT2D eigenvalue weighted by molar-refractivity contribution is 5.82. The van der Waals surface area contributed by atoms with Crippen LogP contribution in [0, 0.1) is 11.8 Å². The van der Waals surface area contributed by atoms with E-state index in [2.05, 4.69) is 34.0 Å². The minimum absolute atomic E-state index is 0.187. The van der Waals surface area contributed by atoms with Crippen molar-refractivity contribution in [2.45, 2.75) is 96.2 Å². The number of piperazine rings is 1. The van der Waals surface area contributed by atoms with Crippen LogP contribution >= 0.6 is 0 Å². The number of nitrogens with zero attached hydrogens (tertiary/aromatic N) is 5. The van der Waals surface area contributed by atoms with Gasteiger partial charge >= 0.3 is 0 Å². The molecule has 6 heteroatoms. The lowest BCUT2D eigenvalue weighted by atomic mass is 9.79. The predicted octanol–water partition coefficient (Wildman–Crippen LogP) is 4.11. The van der Waals surface area contributed by atoms with Crippen molar-refractivity contribution >= 4 is 11.7 Å². The monoisotopic (exact) mass is 453 g/mol. The molecule has 4 aliphatic rings. The van der Waals surface area contributed by atoms with Crippen molar-refractivity contribution in [3.8, 4) is 0 Å². The maximum absolute atomic E-state index is 12.3. The largest absolute Gasteiger partial charge is 0.332 e. The lowest BCUT2D eigenvalue weighted by Crippen LogP contribution is -2.54. The summed E-state index contributed by atoms with van der Waals surface area (Å²) in [5.74, 6) is 2.52. The molecule has 4 fully saturated rings. The number of fused-ring (bicyclic) bond motifs is 2. The molecule has 0 N–H and O–H groups in total. The van der Waals surface area contributed by atoms with Crippen molar-refractivity contribution in [1.29, 1.82) is 0 Å². The Morgan fingerprint density at radius 2 is 1.48 bits per heavy atom. The summed E-state index contributed by atoms with van der Waals surface area (Å²) >= 11 is 0. The maximum atomic E-state index is 12.3. The van der Waals surface area contributed by atoms with E-state index in [0.717, 1.165) is 38.4 Å². The summed E-state index contributed by atoms with van der Waals surface area (Å²) in [6, 6.07) is 1.85. The number of anilines is 1. The van der Waals surface area contributed by atoms with E-state index in [1.807, 2.05) is 13.8 Å². The number of carbonyl (C=O) groups is 1. The van der Waals surface area contributed by atoms with E-state index in [1.54, 1.807) is 0 Å². The van der Waals surface area contributed by atoms with Crippen molar-refractivity contribution in [1.82, 2.24) is 19.8 Å². The van der Waals surface area contributed by atoms with Gasteiger partial charge in [0, 0.05) is 55.4 Å². The van der Waals surface area contributed by atoms with Gasteiger partial charge in [-0.05, 0) is 82.5 Å². The molecule has 1 aromatic rings. The Bertz CT molecular complexity index is 781. The molecular weight excluding hydrogens is 410 g/mol. The third-order valence-electron chi connectivity index (χ3n) is 9.08. The zero-order chi connectivity index (χ0) is 22.9. The molecule has 3 saturated heterocycles. The predicted molar refractivity (Wildman–Crippen MR) is 133 cm³/mol. The molecule has 2 atom stereocenters. The normalized spacial score (nSPS) is 31.9. The number of rotatable bonds is 6. The molecule has 6 nitrogen and oxygen atoms in total. The van der Waals surface area contributed by atoms with Crippen LogP contribution in [-0.2, 0) is 4.79 Å². The van der Waals surface area contributed by atoms with E-state index in [9.17, 15) is 4.79 Å². The summed E-state index contributed by atoms with van der Waals surface area (Å²) in [5, 5.41) is 0. The first kappa shape index (κ1) is 23.2. The fourth-order valence-corrected chi connectivity index (χ4v) is 7.05. The number of ketones is 1. The van der Waals surface area contributed by atoms with Crippen molar-refractivity contribution in [3.05, 3.63) is 18.0 Å². The van der Waals surface area contributed by atoms with Gasteiger partial charge in [0.25, 0.3) is 0 Å². The lowest BCUT2D eigenvalue weighted by Gasteiger charge is -2.41.